The molecule has 0 spiro atoms. The van der Waals surface area contributed by atoms with Gasteiger partial charge in [-0.1, -0.05) is 5.92 Å². The molecule has 2 aromatic heterocycles. The Morgan fingerprint density at radius 3 is 2.62 bits per heavy atom. The maximum Gasteiger partial charge on any atom is 0.319 e. The van der Waals surface area contributed by atoms with Crippen LogP contribution in [0.1, 0.15) is 18.5 Å². The second-order valence-electron chi connectivity index (χ2n) is 4.63. The van der Waals surface area contributed by atoms with Gasteiger partial charge in [0.05, 0.1) is 19.8 Å². The first-order valence-electron chi connectivity index (χ1n) is 6.61. The van der Waals surface area contributed by atoms with Gasteiger partial charge >= 0.3 is 6.01 Å². The smallest absolute Gasteiger partial charge is 0.319 e. The molecule has 1 fully saturated rings. The molecule has 0 amide bonds. The van der Waals surface area contributed by atoms with Gasteiger partial charge in [-0.25, -0.2) is 4.98 Å². The molecule has 0 radical (unpaired) electrons. The second kappa shape index (κ2) is 5.75. The zero-order valence-corrected chi connectivity index (χ0v) is 11.8. The summed E-state index contributed by atoms with van der Waals surface area (Å²) >= 11 is 0. The van der Waals surface area contributed by atoms with Crippen molar-refractivity contribution in [3.05, 3.63) is 24.0 Å². The SMILES string of the molecule is COc1ncc(-c2ccc(C#CC3CC3)nn2)c(OC)n1. The first kappa shape index (κ1) is 13.3. The van der Waals surface area contributed by atoms with Gasteiger partial charge in [-0.05, 0) is 30.9 Å². The van der Waals surface area contributed by atoms with Gasteiger partial charge in [0.15, 0.2) is 0 Å². The highest BCUT2D eigenvalue weighted by Gasteiger charge is 2.18. The number of methoxy groups -OCH3 is 2. The molecule has 1 saturated carbocycles. The highest BCUT2D eigenvalue weighted by atomic mass is 16.5. The van der Waals surface area contributed by atoms with Crippen molar-refractivity contribution in [2.24, 2.45) is 5.92 Å². The second-order valence-corrected chi connectivity index (χ2v) is 4.63. The lowest BCUT2D eigenvalue weighted by Crippen LogP contribution is -1.99. The van der Waals surface area contributed by atoms with Gasteiger partial charge in [-0.2, -0.15) is 4.98 Å². The molecule has 2 aromatic rings. The largest absolute Gasteiger partial charge is 0.480 e. The summed E-state index contributed by atoms with van der Waals surface area (Å²) in [5.74, 6) is 7.12. The average molecular weight is 282 g/mol. The zero-order chi connectivity index (χ0) is 14.7. The van der Waals surface area contributed by atoms with E-state index in [9.17, 15) is 0 Å². The van der Waals surface area contributed by atoms with Crippen molar-refractivity contribution >= 4 is 0 Å². The average Bonchev–Trinajstić information content (AvgIpc) is 3.37. The Balaban J connectivity index is 1.88. The van der Waals surface area contributed by atoms with Crippen LogP contribution in [0.25, 0.3) is 11.3 Å². The normalized spacial score (nSPS) is 13.2. The molecule has 21 heavy (non-hydrogen) atoms. The third kappa shape index (κ3) is 3.08. The minimum absolute atomic E-state index is 0.246. The molecule has 6 nitrogen and oxygen atoms in total. The van der Waals surface area contributed by atoms with E-state index in [0.717, 1.165) is 0 Å². The van der Waals surface area contributed by atoms with E-state index in [1.165, 1.54) is 27.1 Å². The molecule has 0 N–H and O–H groups in total. The van der Waals surface area contributed by atoms with Crippen molar-refractivity contribution in [2.75, 3.05) is 14.2 Å². The fourth-order valence-corrected chi connectivity index (χ4v) is 1.73. The molecular weight excluding hydrogens is 268 g/mol. The zero-order valence-electron chi connectivity index (χ0n) is 11.8. The van der Waals surface area contributed by atoms with E-state index in [2.05, 4.69) is 32.0 Å². The first-order chi connectivity index (χ1) is 10.3. The minimum atomic E-state index is 0.246. The molecule has 1 aliphatic rings. The van der Waals surface area contributed by atoms with Gasteiger partial charge in [-0.15, -0.1) is 10.2 Å². The molecule has 2 heterocycles. The van der Waals surface area contributed by atoms with Gasteiger partial charge in [-0.3, -0.25) is 0 Å². The van der Waals surface area contributed by atoms with Gasteiger partial charge in [0.2, 0.25) is 5.88 Å². The van der Waals surface area contributed by atoms with Crippen LogP contribution in [-0.2, 0) is 0 Å². The highest BCUT2D eigenvalue weighted by Crippen LogP contribution is 2.28. The topological polar surface area (TPSA) is 70.0 Å². The maximum absolute atomic E-state index is 5.23. The van der Waals surface area contributed by atoms with Crippen molar-refractivity contribution in [1.29, 1.82) is 0 Å². The lowest BCUT2D eigenvalue weighted by Gasteiger charge is -2.07. The van der Waals surface area contributed by atoms with Crippen LogP contribution >= 0.6 is 0 Å². The third-order valence-corrected chi connectivity index (χ3v) is 3.03. The monoisotopic (exact) mass is 282 g/mol. The van der Waals surface area contributed by atoms with Gasteiger partial charge in [0, 0.05) is 12.1 Å². The quantitative estimate of drug-likeness (QED) is 0.798. The van der Waals surface area contributed by atoms with E-state index < -0.39 is 0 Å². The van der Waals surface area contributed by atoms with E-state index in [0.29, 0.717) is 28.7 Å². The molecule has 3 rings (SSSR count). The number of rotatable bonds is 3. The Morgan fingerprint density at radius 1 is 1.14 bits per heavy atom. The van der Waals surface area contributed by atoms with Crippen LogP contribution < -0.4 is 9.47 Å². The standard InChI is InChI=1S/C15H14N4O2/c1-20-14-12(9-16-15(17-14)21-2)13-8-7-11(18-19-13)6-5-10-3-4-10/h7-10H,3-4H2,1-2H3. The summed E-state index contributed by atoms with van der Waals surface area (Å²) in [7, 11) is 3.04. The Bertz CT molecular complexity index is 700. The van der Waals surface area contributed by atoms with E-state index in [-0.39, 0.29) is 6.01 Å². The number of aromatic nitrogens is 4. The van der Waals surface area contributed by atoms with Crippen molar-refractivity contribution in [1.82, 2.24) is 20.2 Å². The number of nitrogens with zero attached hydrogens (tertiary/aromatic N) is 4. The minimum Gasteiger partial charge on any atom is -0.480 e. The fraction of sp³-hybridized carbons (Fsp3) is 0.333. The Kier molecular flexibility index (Phi) is 3.65. The molecule has 1 aliphatic carbocycles. The Morgan fingerprint density at radius 2 is 2.00 bits per heavy atom. The van der Waals surface area contributed by atoms with Gasteiger partial charge in [0.1, 0.15) is 11.4 Å². The van der Waals surface area contributed by atoms with Crippen LogP contribution in [0.15, 0.2) is 18.3 Å². The predicted octanol–water partition coefficient (Wildman–Crippen LogP) is 1.71. The highest BCUT2D eigenvalue weighted by molar-refractivity contribution is 5.63. The van der Waals surface area contributed by atoms with Crippen LogP contribution in [0.2, 0.25) is 0 Å². The number of ether oxygens (including phenoxy) is 2. The number of hydrogen-bond acceptors (Lipinski definition) is 6. The Labute approximate surface area is 122 Å². The lowest BCUT2D eigenvalue weighted by molar-refractivity contribution is 0.353. The summed E-state index contributed by atoms with van der Waals surface area (Å²) in [6.45, 7) is 0. The molecule has 0 atom stereocenters. The van der Waals surface area contributed by atoms with Crippen LogP contribution in [0.5, 0.6) is 11.9 Å². The fourth-order valence-electron chi connectivity index (χ4n) is 1.73. The summed E-state index contributed by atoms with van der Waals surface area (Å²) in [5, 5.41) is 8.26. The van der Waals surface area contributed by atoms with Crippen molar-refractivity contribution in [3.63, 3.8) is 0 Å². The van der Waals surface area contributed by atoms with Crippen LogP contribution in [-0.4, -0.2) is 34.4 Å². The number of hydrogen-bond donors (Lipinski definition) is 0. The molecule has 0 saturated heterocycles. The van der Waals surface area contributed by atoms with E-state index in [1.54, 1.807) is 6.20 Å². The maximum atomic E-state index is 5.23. The molecular formula is C15H14N4O2. The van der Waals surface area contributed by atoms with Crippen LogP contribution in [0, 0.1) is 17.8 Å². The summed E-state index contributed by atoms with van der Waals surface area (Å²) in [4.78, 5) is 8.19. The summed E-state index contributed by atoms with van der Waals surface area (Å²) in [6.07, 6.45) is 3.99. The molecule has 0 aliphatic heterocycles. The summed E-state index contributed by atoms with van der Waals surface area (Å²) in [5.41, 5.74) is 1.96. The van der Waals surface area contributed by atoms with Crippen molar-refractivity contribution in [2.45, 2.75) is 12.8 Å². The lowest BCUT2D eigenvalue weighted by atomic mass is 10.2. The van der Waals surface area contributed by atoms with Gasteiger partial charge in [0.25, 0.3) is 0 Å². The molecule has 106 valence electrons. The van der Waals surface area contributed by atoms with Gasteiger partial charge < -0.3 is 9.47 Å². The predicted molar refractivity (Wildman–Crippen MR) is 75.8 cm³/mol. The summed E-state index contributed by atoms with van der Waals surface area (Å²) < 4.78 is 10.2. The van der Waals surface area contributed by atoms with E-state index in [4.69, 9.17) is 9.47 Å². The summed E-state index contributed by atoms with van der Waals surface area (Å²) in [6, 6.07) is 3.91. The van der Waals surface area contributed by atoms with Crippen molar-refractivity contribution in [3.8, 4) is 35.0 Å². The first-order valence-corrected chi connectivity index (χ1v) is 6.61. The van der Waals surface area contributed by atoms with Crippen LogP contribution in [0.3, 0.4) is 0 Å². The van der Waals surface area contributed by atoms with Crippen molar-refractivity contribution < 1.29 is 9.47 Å². The van der Waals surface area contributed by atoms with E-state index >= 15 is 0 Å². The molecule has 6 heteroatoms. The molecule has 0 bridgehead atoms. The van der Waals surface area contributed by atoms with Crippen LogP contribution in [0.4, 0.5) is 0 Å². The Hall–Kier alpha value is -2.68. The molecule has 0 aromatic carbocycles. The third-order valence-electron chi connectivity index (χ3n) is 3.03. The molecule has 0 unspecified atom stereocenters. The van der Waals surface area contributed by atoms with E-state index in [1.807, 2.05) is 12.1 Å².